The van der Waals surface area contributed by atoms with E-state index < -0.39 is 0 Å². The van der Waals surface area contributed by atoms with Crippen molar-refractivity contribution in [2.45, 2.75) is 25.0 Å². The number of aromatic amines is 1. The van der Waals surface area contributed by atoms with E-state index in [0.717, 1.165) is 23.5 Å². The Morgan fingerprint density at radius 3 is 2.81 bits per heavy atom. The van der Waals surface area contributed by atoms with Gasteiger partial charge in [-0.3, -0.25) is 4.79 Å². The number of nitrogens with one attached hydrogen (secondary N) is 1. The van der Waals surface area contributed by atoms with Gasteiger partial charge in [0.2, 0.25) is 5.91 Å². The highest BCUT2D eigenvalue weighted by atomic mass is 16.5. The van der Waals surface area contributed by atoms with Crippen LogP contribution in [0.1, 0.15) is 23.9 Å². The van der Waals surface area contributed by atoms with Crippen molar-refractivity contribution in [1.29, 1.82) is 0 Å². The Labute approximate surface area is 151 Å². The van der Waals surface area contributed by atoms with E-state index in [4.69, 9.17) is 4.74 Å². The summed E-state index contributed by atoms with van der Waals surface area (Å²) in [4.78, 5) is 22.2. The number of ether oxygens (including phenoxy) is 1. The molecule has 1 aliphatic rings. The molecule has 0 radical (unpaired) electrons. The van der Waals surface area contributed by atoms with E-state index in [1.807, 2.05) is 41.4 Å². The number of amides is 1. The Balaban J connectivity index is 1.48. The van der Waals surface area contributed by atoms with E-state index in [1.165, 1.54) is 0 Å². The van der Waals surface area contributed by atoms with Crippen molar-refractivity contribution in [3.63, 3.8) is 0 Å². The number of imidazole rings is 1. The molecule has 3 aromatic rings. The lowest BCUT2D eigenvalue weighted by molar-refractivity contribution is -0.131. The number of aromatic nitrogens is 4. The van der Waals surface area contributed by atoms with E-state index in [0.29, 0.717) is 13.0 Å². The molecule has 4 rings (SSSR count). The average Bonchev–Trinajstić information content (AvgIpc) is 3.42. The molecule has 1 saturated heterocycles. The number of carbonyl (C=O) groups excluding carboxylic acids is 1. The zero-order valence-corrected chi connectivity index (χ0v) is 14.6. The summed E-state index contributed by atoms with van der Waals surface area (Å²) in [6.07, 6.45) is 8.28. The van der Waals surface area contributed by atoms with Gasteiger partial charge in [-0.2, -0.15) is 5.10 Å². The van der Waals surface area contributed by atoms with Gasteiger partial charge in [0.1, 0.15) is 5.82 Å². The zero-order valence-electron chi connectivity index (χ0n) is 14.6. The molecule has 3 heterocycles. The molecule has 7 nitrogen and oxygen atoms in total. The largest absolute Gasteiger partial charge is 0.380 e. The van der Waals surface area contributed by atoms with Crippen molar-refractivity contribution >= 4 is 5.91 Å². The van der Waals surface area contributed by atoms with Crippen LogP contribution in [0.25, 0.3) is 5.69 Å². The van der Waals surface area contributed by atoms with Crippen molar-refractivity contribution in [2.24, 2.45) is 0 Å². The lowest BCUT2D eigenvalue weighted by Crippen LogP contribution is -2.33. The minimum absolute atomic E-state index is 0.0382. The molecule has 1 N–H and O–H groups in total. The van der Waals surface area contributed by atoms with E-state index in [2.05, 4.69) is 15.1 Å². The van der Waals surface area contributed by atoms with Gasteiger partial charge in [0, 0.05) is 44.9 Å². The smallest absolute Gasteiger partial charge is 0.227 e. The fraction of sp³-hybridized carbons (Fsp3) is 0.316. The lowest BCUT2D eigenvalue weighted by atomic mass is 10.1. The molecule has 7 heteroatoms. The first-order chi connectivity index (χ1) is 12.7. The maximum absolute atomic E-state index is 12.9. The fourth-order valence-electron chi connectivity index (χ4n) is 3.43. The van der Waals surface area contributed by atoms with E-state index in [-0.39, 0.29) is 18.1 Å². The number of rotatable bonds is 5. The second kappa shape index (κ2) is 7.13. The standard InChI is InChI=1S/C19H21N5O2/c1-26-16-12-17(19-20-8-9-21-19)23(13-16)18(25)11-14-3-5-15(6-4-14)24-10-2-7-22-24/h2-10,16-17H,11-13H2,1H3,(H,20,21)/t16-,17+/m1/s1. The quantitative estimate of drug-likeness (QED) is 0.764. The van der Waals surface area contributed by atoms with Crippen LogP contribution in [0.3, 0.4) is 0 Å². The van der Waals surface area contributed by atoms with Crippen LogP contribution in [0.5, 0.6) is 0 Å². The summed E-state index contributed by atoms with van der Waals surface area (Å²) >= 11 is 0. The highest BCUT2D eigenvalue weighted by molar-refractivity contribution is 5.79. The van der Waals surface area contributed by atoms with Crippen molar-refractivity contribution in [3.05, 3.63) is 66.5 Å². The first-order valence-corrected chi connectivity index (χ1v) is 8.65. The minimum Gasteiger partial charge on any atom is -0.380 e. The summed E-state index contributed by atoms with van der Waals surface area (Å²) in [7, 11) is 1.69. The molecule has 26 heavy (non-hydrogen) atoms. The highest BCUT2D eigenvalue weighted by Crippen LogP contribution is 2.32. The summed E-state index contributed by atoms with van der Waals surface area (Å²) in [5.41, 5.74) is 1.95. The molecule has 1 aliphatic heterocycles. The van der Waals surface area contributed by atoms with Crippen LogP contribution in [-0.2, 0) is 16.0 Å². The number of benzene rings is 1. The molecule has 0 aliphatic carbocycles. The van der Waals surface area contributed by atoms with Gasteiger partial charge in [-0.15, -0.1) is 0 Å². The van der Waals surface area contributed by atoms with Gasteiger partial charge in [0.05, 0.1) is 24.3 Å². The maximum Gasteiger partial charge on any atom is 0.227 e. The first kappa shape index (κ1) is 16.5. The second-order valence-corrected chi connectivity index (χ2v) is 6.42. The SMILES string of the molecule is CO[C@@H]1C[C@@H](c2ncc[nH]2)N(C(=O)Cc2ccc(-n3cccn3)cc2)C1. The Morgan fingerprint density at radius 2 is 2.15 bits per heavy atom. The van der Waals surface area contributed by atoms with Gasteiger partial charge in [-0.05, 0) is 23.8 Å². The Morgan fingerprint density at radius 1 is 1.31 bits per heavy atom. The van der Waals surface area contributed by atoms with Crippen LogP contribution in [0, 0.1) is 0 Å². The second-order valence-electron chi connectivity index (χ2n) is 6.42. The molecule has 1 amide bonds. The summed E-state index contributed by atoms with van der Waals surface area (Å²) in [6.45, 7) is 0.589. The first-order valence-electron chi connectivity index (χ1n) is 8.65. The predicted octanol–water partition coefficient (Wildman–Crippen LogP) is 2.13. The molecule has 0 bridgehead atoms. The molecule has 134 valence electrons. The highest BCUT2D eigenvalue weighted by Gasteiger charge is 2.37. The summed E-state index contributed by atoms with van der Waals surface area (Å²) < 4.78 is 7.28. The summed E-state index contributed by atoms with van der Waals surface area (Å²) in [5, 5.41) is 4.21. The summed E-state index contributed by atoms with van der Waals surface area (Å²) in [5.74, 6) is 0.893. The normalized spacial score (nSPS) is 19.8. The number of methoxy groups -OCH3 is 1. The molecule has 2 aromatic heterocycles. The zero-order chi connectivity index (χ0) is 17.9. The molecule has 2 atom stereocenters. The molecule has 0 unspecified atom stereocenters. The summed E-state index contributed by atoms with van der Waals surface area (Å²) in [6, 6.07) is 9.71. The minimum atomic E-state index is -0.0641. The molecule has 1 aromatic carbocycles. The van der Waals surface area contributed by atoms with Gasteiger partial charge < -0.3 is 14.6 Å². The van der Waals surface area contributed by atoms with Crippen molar-refractivity contribution in [2.75, 3.05) is 13.7 Å². The van der Waals surface area contributed by atoms with E-state index >= 15 is 0 Å². The third kappa shape index (κ3) is 3.25. The number of hydrogen-bond acceptors (Lipinski definition) is 4. The van der Waals surface area contributed by atoms with Crippen LogP contribution < -0.4 is 0 Å². The van der Waals surface area contributed by atoms with Gasteiger partial charge in [0.15, 0.2) is 0 Å². The fourth-order valence-corrected chi connectivity index (χ4v) is 3.43. The third-order valence-corrected chi connectivity index (χ3v) is 4.81. The Bertz CT molecular complexity index is 843. The van der Waals surface area contributed by atoms with Crippen LogP contribution in [-0.4, -0.2) is 50.3 Å². The molecule has 1 fully saturated rings. The monoisotopic (exact) mass is 351 g/mol. The van der Waals surface area contributed by atoms with Crippen molar-refractivity contribution in [1.82, 2.24) is 24.6 Å². The van der Waals surface area contributed by atoms with E-state index in [9.17, 15) is 4.79 Å². The van der Waals surface area contributed by atoms with Gasteiger partial charge in [0.25, 0.3) is 0 Å². The lowest BCUT2D eigenvalue weighted by Gasteiger charge is -2.23. The number of carbonyl (C=O) groups is 1. The molecule has 0 spiro atoms. The van der Waals surface area contributed by atoms with E-state index in [1.54, 1.807) is 30.4 Å². The average molecular weight is 351 g/mol. The van der Waals surface area contributed by atoms with Crippen LogP contribution in [0.2, 0.25) is 0 Å². The topological polar surface area (TPSA) is 76.0 Å². The third-order valence-electron chi connectivity index (χ3n) is 4.81. The molecular formula is C19H21N5O2. The Hall–Kier alpha value is -2.93. The molecular weight excluding hydrogens is 330 g/mol. The van der Waals surface area contributed by atoms with Gasteiger partial charge in [-0.1, -0.05) is 12.1 Å². The number of likely N-dealkylation sites (tertiary alicyclic amines) is 1. The van der Waals surface area contributed by atoms with Crippen LogP contribution in [0.4, 0.5) is 0 Å². The number of hydrogen-bond donors (Lipinski definition) is 1. The molecule has 0 saturated carbocycles. The van der Waals surface area contributed by atoms with Gasteiger partial charge >= 0.3 is 0 Å². The van der Waals surface area contributed by atoms with Crippen molar-refractivity contribution < 1.29 is 9.53 Å². The van der Waals surface area contributed by atoms with Crippen LogP contribution >= 0.6 is 0 Å². The Kier molecular flexibility index (Phi) is 4.53. The van der Waals surface area contributed by atoms with Gasteiger partial charge in [-0.25, -0.2) is 9.67 Å². The maximum atomic E-state index is 12.9. The number of nitrogens with zero attached hydrogens (tertiary/aromatic N) is 4. The number of H-pyrrole nitrogens is 1. The predicted molar refractivity (Wildman–Crippen MR) is 95.7 cm³/mol. The van der Waals surface area contributed by atoms with Crippen LogP contribution in [0.15, 0.2) is 55.1 Å². The van der Waals surface area contributed by atoms with Crippen molar-refractivity contribution in [3.8, 4) is 5.69 Å².